The van der Waals surface area contributed by atoms with E-state index in [2.05, 4.69) is 0 Å². The number of para-hydroxylation sites is 1. The van der Waals surface area contributed by atoms with Crippen molar-refractivity contribution in [2.45, 2.75) is 12.8 Å². The molecule has 0 atom stereocenters. The van der Waals surface area contributed by atoms with Crippen LogP contribution in [0.3, 0.4) is 0 Å². The third kappa shape index (κ3) is 3.13. The minimum atomic E-state index is 0. The molecule has 0 aromatic heterocycles. The molecule has 0 radical (unpaired) electrons. The number of nitrogens with two attached hydrogens (primary N) is 1. The van der Waals surface area contributed by atoms with Gasteiger partial charge < -0.3 is 10.5 Å². The summed E-state index contributed by atoms with van der Waals surface area (Å²) in [6, 6.07) is 7.43. The maximum absolute atomic E-state index is 7.38. The fourth-order valence-electron chi connectivity index (χ4n) is 1.31. The summed E-state index contributed by atoms with van der Waals surface area (Å²) in [5.74, 6) is 1.51. The van der Waals surface area contributed by atoms with Crippen LogP contribution in [0, 0.1) is 11.3 Å². The first-order valence-electron chi connectivity index (χ1n) is 4.83. The van der Waals surface area contributed by atoms with Gasteiger partial charge in [-0.2, -0.15) is 0 Å². The summed E-state index contributed by atoms with van der Waals surface area (Å²) in [6.07, 6.45) is 2.53. The van der Waals surface area contributed by atoms with Crippen LogP contribution in [0.2, 0.25) is 0 Å². The number of nitrogen functional groups attached to an aromatic ring is 1. The Labute approximate surface area is 95.5 Å². The molecule has 0 aliphatic heterocycles. The highest BCUT2D eigenvalue weighted by Crippen LogP contribution is 2.30. The second kappa shape index (κ2) is 5.03. The van der Waals surface area contributed by atoms with Gasteiger partial charge in [-0.05, 0) is 30.9 Å². The first-order valence-corrected chi connectivity index (χ1v) is 4.83. The van der Waals surface area contributed by atoms with Crippen LogP contribution in [-0.2, 0) is 0 Å². The molecule has 1 saturated carbocycles. The minimum Gasteiger partial charge on any atom is -0.493 e. The van der Waals surface area contributed by atoms with E-state index in [-0.39, 0.29) is 18.2 Å². The number of benzene rings is 1. The van der Waals surface area contributed by atoms with Crippen molar-refractivity contribution in [1.29, 1.82) is 5.41 Å². The minimum absolute atomic E-state index is 0. The van der Waals surface area contributed by atoms with Crippen LogP contribution in [0.25, 0.3) is 0 Å². The summed E-state index contributed by atoms with van der Waals surface area (Å²) in [6.45, 7) is 0.754. The molecular formula is C11H15ClN2O. The summed E-state index contributed by atoms with van der Waals surface area (Å²) in [5, 5.41) is 7.38. The molecule has 3 nitrogen and oxygen atoms in total. The van der Waals surface area contributed by atoms with Crippen molar-refractivity contribution in [1.82, 2.24) is 0 Å². The van der Waals surface area contributed by atoms with Gasteiger partial charge in [-0.3, -0.25) is 5.41 Å². The second-order valence-electron chi connectivity index (χ2n) is 3.66. The van der Waals surface area contributed by atoms with Crippen molar-refractivity contribution < 1.29 is 4.74 Å². The molecule has 82 valence electrons. The quantitative estimate of drug-likeness (QED) is 0.611. The zero-order valence-corrected chi connectivity index (χ0v) is 9.22. The maximum Gasteiger partial charge on any atom is 0.130 e. The van der Waals surface area contributed by atoms with E-state index in [1.807, 2.05) is 24.3 Å². The highest BCUT2D eigenvalue weighted by Gasteiger charge is 2.22. The Bertz CT molecular complexity index is 350. The molecule has 1 aliphatic carbocycles. The lowest BCUT2D eigenvalue weighted by Crippen LogP contribution is -2.13. The van der Waals surface area contributed by atoms with Crippen molar-refractivity contribution in [3.63, 3.8) is 0 Å². The molecule has 0 bridgehead atoms. The van der Waals surface area contributed by atoms with Crippen LogP contribution in [0.5, 0.6) is 5.75 Å². The third-order valence-electron chi connectivity index (χ3n) is 2.35. The topological polar surface area (TPSA) is 59.1 Å². The van der Waals surface area contributed by atoms with Crippen molar-refractivity contribution in [2.75, 3.05) is 6.61 Å². The molecule has 0 spiro atoms. The summed E-state index contributed by atoms with van der Waals surface area (Å²) >= 11 is 0. The standard InChI is InChI=1S/C11H14N2O.ClH/c12-11(13)9-3-1-2-4-10(9)14-7-8-5-6-8;/h1-4,8H,5-7H2,(H3,12,13);1H. The zero-order valence-electron chi connectivity index (χ0n) is 8.40. The first-order chi connectivity index (χ1) is 6.77. The summed E-state index contributed by atoms with van der Waals surface area (Å²) in [5.41, 5.74) is 6.13. The lowest BCUT2D eigenvalue weighted by molar-refractivity contribution is 0.299. The number of nitrogens with one attached hydrogen (secondary N) is 1. The molecule has 0 unspecified atom stereocenters. The monoisotopic (exact) mass is 226 g/mol. The van der Waals surface area contributed by atoms with Gasteiger partial charge in [-0.15, -0.1) is 12.4 Å². The lowest BCUT2D eigenvalue weighted by atomic mass is 10.2. The van der Waals surface area contributed by atoms with E-state index in [0.717, 1.165) is 18.3 Å². The van der Waals surface area contributed by atoms with Crippen molar-refractivity contribution in [3.8, 4) is 5.75 Å². The van der Waals surface area contributed by atoms with E-state index in [0.29, 0.717) is 5.56 Å². The molecular weight excluding hydrogens is 212 g/mol. The number of rotatable bonds is 4. The number of hydrogen-bond donors (Lipinski definition) is 2. The van der Waals surface area contributed by atoms with Gasteiger partial charge >= 0.3 is 0 Å². The summed E-state index contributed by atoms with van der Waals surface area (Å²) < 4.78 is 5.60. The molecule has 0 heterocycles. The van der Waals surface area contributed by atoms with Gasteiger partial charge in [0.25, 0.3) is 0 Å². The predicted octanol–water partition coefficient (Wildman–Crippen LogP) is 2.18. The number of hydrogen-bond acceptors (Lipinski definition) is 2. The molecule has 15 heavy (non-hydrogen) atoms. The van der Waals surface area contributed by atoms with Gasteiger partial charge in [0, 0.05) is 0 Å². The van der Waals surface area contributed by atoms with Gasteiger partial charge in [0.15, 0.2) is 0 Å². The van der Waals surface area contributed by atoms with Crippen molar-refractivity contribution >= 4 is 18.2 Å². The van der Waals surface area contributed by atoms with Crippen LogP contribution >= 0.6 is 12.4 Å². The van der Waals surface area contributed by atoms with Gasteiger partial charge in [-0.1, -0.05) is 12.1 Å². The average molecular weight is 227 g/mol. The predicted molar refractivity (Wildman–Crippen MR) is 62.9 cm³/mol. The van der Waals surface area contributed by atoms with Crippen molar-refractivity contribution in [2.24, 2.45) is 11.7 Å². The molecule has 0 amide bonds. The fraction of sp³-hybridized carbons (Fsp3) is 0.364. The van der Waals surface area contributed by atoms with E-state index in [1.54, 1.807) is 0 Å². The molecule has 1 fully saturated rings. The Morgan fingerprint density at radius 2 is 2.07 bits per heavy atom. The number of ether oxygens (including phenoxy) is 1. The van der Waals surface area contributed by atoms with E-state index in [9.17, 15) is 0 Å². The Morgan fingerprint density at radius 3 is 2.67 bits per heavy atom. The first kappa shape index (κ1) is 11.9. The Hall–Kier alpha value is -1.22. The van der Waals surface area contributed by atoms with Crippen LogP contribution in [0.4, 0.5) is 0 Å². The highest BCUT2D eigenvalue weighted by atomic mass is 35.5. The smallest absolute Gasteiger partial charge is 0.130 e. The largest absolute Gasteiger partial charge is 0.493 e. The van der Waals surface area contributed by atoms with Gasteiger partial charge in [-0.25, -0.2) is 0 Å². The van der Waals surface area contributed by atoms with E-state index < -0.39 is 0 Å². The lowest BCUT2D eigenvalue weighted by Gasteiger charge is -2.09. The van der Waals surface area contributed by atoms with Crippen LogP contribution in [0.15, 0.2) is 24.3 Å². The Morgan fingerprint density at radius 1 is 1.40 bits per heavy atom. The van der Waals surface area contributed by atoms with Crippen LogP contribution in [0.1, 0.15) is 18.4 Å². The van der Waals surface area contributed by atoms with E-state index >= 15 is 0 Å². The number of halogens is 1. The molecule has 0 saturated heterocycles. The zero-order chi connectivity index (χ0) is 9.97. The summed E-state index contributed by atoms with van der Waals surface area (Å²) in [4.78, 5) is 0. The van der Waals surface area contributed by atoms with Gasteiger partial charge in [0.1, 0.15) is 11.6 Å². The highest BCUT2D eigenvalue weighted by molar-refractivity contribution is 5.97. The van der Waals surface area contributed by atoms with Gasteiger partial charge in [0.2, 0.25) is 0 Å². The van der Waals surface area contributed by atoms with Crippen LogP contribution < -0.4 is 10.5 Å². The third-order valence-corrected chi connectivity index (χ3v) is 2.35. The molecule has 1 aromatic rings. The Kier molecular flexibility index (Phi) is 3.97. The SMILES string of the molecule is Cl.N=C(N)c1ccccc1OCC1CC1. The second-order valence-corrected chi connectivity index (χ2v) is 3.66. The molecule has 1 aliphatic rings. The maximum atomic E-state index is 7.38. The van der Waals surface area contributed by atoms with Gasteiger partial charge in [0.05, 0.1) is 12.2 Å². The fourth-order valence-corrected chi connectivity index (χ4v) is 1.31. The Balaban J connectivity index is 0.00000112. The molecule has 1 aromatic carbocycles. The van der Waals surface area contributed by atoms with Crippen LogP contribution in [-0.4, -0.2) is 12.4 Å². The normalized spacial score (nSPS) is 14.1. The summed E-state index contributed by atoms with van der Waals surface area (Å²) in [7, 11) is 0. The molecule has 4 heteroatoms. The number of amidine groups is 1. The van der Waals surface area contributed by atoms with E-state index in [1.165, 1.54) is 12.8 Å². The van der Waals surface area contributed by atoms with E-state index in [4.69, 9.17) is 15.9 Å². The average Bonchev–Trinajstić information content (AvgIpc) is 2.98. The molecule has 3 N–H and O–H groups in total. The van der Waals surface area contributed by atoms with Crippen molar-refractivity contribution in [3.05, 3.63) is 29.8 Å². The molecule has 2 rings (SSSR count).